The zero-order valence-corrected chi connectivity index (χ0v) is 14.8. The van der Waals surface area contributed by atoms with E-state index >= 15 is 0 Å². The van der Waals surface area contributed by atoms with E-state index < -0.39 is 6.72 Å². The molecule has 0 spiro atoms. The van der Waals surface area contributed by atoms with Gasteiger partial charge in [0.05, 0.1) is 6.61 Å². The van der Waals surface area contributed by atoms with Crippen molar-refractivity contribution in [2.45, 2.75) is 58.8 Å². The predicted octanol–water partition coefficient (Wildman–Crippen LogP) is 5.36. The van der Waals surface area contributed by atoms with Gasteiger partial charge in [-0.1, -0.05) is 63.6 Å². The molecule has 0 heterocycles. The second-order valence-corrected chi connectivity index (χ2v) is 8.04. The summed E-state index contributed by atoms with van der Waals surface area (Å²) in [5.74, 6) is 0.600. The second-order valence-electron chi connectivity index (χ2n) is 5.28. The van der Waals surface area contributed by atoms with E-state index in [4.69, 9.17) is 20.9 Å². The van der Waals surface area contributed by atoms with E-state index in [0.29, 0.717) is 12.4 Å². The van der Waals surface area contributed by atoms with Crippen molar-refractivity contribution in [3.8, 4) is 5.75 Å². The van der Waals surface area contributed by atoms with E-state index in [1.54, 1.807) is 6.07 Å². The van der Waals surface area contributed by atoms with Gasteiger partial charge < -0.3 is 9.42 Å². The highest BCUT2D eigenvalue weighted by atomic mass is 32.5. The van der Waals surface area contributed by atoms with Crippen molar-refractivity contribution in [2.24, 2.45) is 0 Å². The first kappa shape index (κ1) is 18.6. The Hall–Kier alpha value is -0.410. The van der Waals surface area contributed by atoms with E-state index in [2.05, 4.69) is 6.92 Å². The van der Waals surface area contributed by atoms with Crippen molar-refractivity contribution in [3.63, 3.8) is 0 Å². The normalized spacial score (nSPS) is 13.9. The molecule has 0 aliphatic heterocycles. The van der Waals surface area contributed by atoms with E-state index in [9.17, 15) is 4.89 Å². The molecule has 0 amide bonds. The fourth-order valence-corrected chi connectivity index (χ4v) is 3.38. The smallest absolute Gasteiger partial charge is 0.377 e. The molecule has 1 atom stereocenters. The topological polar surface area (TPSA) is 38.7 Å². The molecule has 0 aliphatic carbocycles. The quantitative estimate of drug-likeness (QED) is 0.438. The van der Waals surface area contributed by atoms with Crippen LogP contribution in [-0.2, 0) is 16.3 Å². The van der Waals surface area contributed by atoms with E-state index in [1.807, 2.05) is 25.1 Å². The average molecular weight is 330 g/mol. The SMILES string of the molecule is CCCCCCCCCOP(O)(=S)Oc1ccccc1C. The summed E-state index contributed by atoms with van der Waals surface area (Å²) < 4.78 is 10.8. The minimum atomic E-state index is -3.17. The van der Waals surface area contributed by atoms with Crippen LogP contribution in [0.1, 0.15) is 57.4 Å². The fourth-order valence-electron chi connectivity index (χ4n) is 2.05. The van der Waals surface area contributed by atoms with Gasteiger partial charge >= 0.3 is 6.72 Å². The average Bonchev–Trinajstić information content (AvgIpc) is 2.44. The largest absolute Gasteiger partial charge is 0.424 e. The summed E-state index contributed by atoms with van der Waals surface area (Å²) in [4.78, 5) is 10.0. The van der Waals surface area contributed by atoms with Crippen LogP contribution in [0.15, 0.2) is 24.3 Å². The number of aryl methyl sites for hydroxylation is 1. The fraction of sp³-hybridized carbons (Fsp3) is 0.625. The van der Waals surface area contributed by atoms with Crippen LogP contribution in [0.4, 0.5) is 0 Å². The van der Waals surface area contributed by atoms with Gasteiger partial charge in [-0.2, -0.15) is 0 Å². The summed E-state index contributed by atoms with van der Waals surface area (Å²) in [6, 6.07) is 7.49. The van der Waals surface area contributed by atoms with Gasteiger partial charge in [0, 0.05) is 11.8 Å². The van der Waals surface area contributed by atoms with Crippen LogP contribution in [-0.4, -0.2) is 11.5 Å². The number of hydrogen-bond acceptors (Lipinski definition) is 3. The lowest BCUT2D eigenvalue weighted by Gasteiger charge is -2.17. The Morgan fingerprint density at radius 2 is 1.67 bits per heavy atom. The number of unbranched alkanes of at least 4 members (excludes halogenated alkanes) is 6. The van der Waals surface area contributed by atoms with Crippen LogP contribution in [0, 0.1) is 6.92 Å². The highest BCUT2D eigenvalue weighted by molar-refractivity contribution is 8.07. The second kappa shape index (κ2) is 10.3. The summed E-state index contributed by atoms with van der Waals surface area (Å²) in [5.41, 5.74) is 0.945. The summed E-state index contributed by atoms with van der Waals surface area (Å²) in [6.45, 7) is 1.43. The molecular weight excluding hydrogens is 303 g/mol. The van der Waals surface area contributed by atoms with Gasteiger partial charge in [-0.15, -0.1) is 0 Å². The molecule has 3 nitrogen and oxygen atoms in total. The van der Waals surface area contributed by atoms with E-state index in [-0.39, 0.29) is 0 Å². The van der Waals surface area contributed by atoms with Gasteiger partial charge in [-0.05, 0) is 25.0 Å². The maximum absolute atomic E-state index is 10.0. The molecule has 1 unspecified atom stereocenters. The molecule has 1 aromatic rings. The molecule has 1 rings (SSSR count). The van der Waals surface area contributed by atoms with Gasteiger partial charge in [0.2, 0.25) is 0 Å². The molecule has 21 heavy (non-hydrogen) atoms. The highest BCUT2D eigenvalue weighted by Crippen LogP contribution is 2.45. The highest BCUT2D eigenvalue weighted by Gasteiger charge is 2.17. The molecule has 120 valence electrons. The Morgan fingerprint density at radius 3 is 2.33 bits per heavy atom. The third-order valence-electron chi connectivity index (χ3n) is 3.31. The van der Waals surface area contributed by atoms with Crippen molar-refractivity contribution in [2.75, 3.05) is 6.61 Å². The molecule has 0 fully saturated rings. The minimum absolute atomic E-state index is 0.466. The lowest BCUT2D eigenvalue weighted by molar-refractivity contribution is 0.250. The van der Waals surface area contributed by atoms with E-state index in [0.717, 1.165) is 18.4 Å². The minimum Gasteiger partial charge on any atom is -0.424 e. The molecule has 0 aliphatic rings. The Kier molecular flexibility index (Phi) is 9.18. The number of rotatable bonds is 11. The van der Waals surface area contributed by atoms with Crippen LogP contribution in [0.5, 0.6) is 5.75 Å². The third-order valence-corrected chi connectivity index (χ3v) is 4.79. The van der Waals surface area contributed by atoms with Crippen molar-refractivity contribution < 1.29 is 13.9 Å². The summed E-state index contributed by atoms with van der Waals surface area (Å²) in [7, 11) is 0. The summed E-state index contributed by atoms with van der Waals surface area (Å²) in [5, 5.41) is 0. The summed E-state index contributed by atoms with van der Waals surface area (Å²) >= 11 is 5.04. The summed E-state index contributed by atoms with van der Waals surface area (Å²) in [6.07, 6.45) is 8.43. The van der Waals surface area contributed by atoms with Crippen LogP contribution in [0.3, 0.4) is 0 Å². The Labute approximate surface area is 133 Å². The molecule has 0 aromatic heterocycles. The molecule has 1 N–H and O–H groups in total. The monoisotopic (exact) mass is 330 g/mol. The maximum Gasteiger partial charge on any atom is 0.377 e. The Bertz CT molecular complexity index is 451. The molecule has 0 saturated carbocycles. The van der Waals surface area contributed by atoms with Crippen LogP contribution < -0.4 is 4.52 Å². The van der Waals surface area contributed by atoms with Crippen molar-refractivity contribution in [3.05, 3.63) is 29.8 Å². The first-order valence-electron chi connectivity index (χ1n) is 7.77. The lowest BCUT2D eigenvalue weighted by atomic mass is 10.1. The van der Waals surface area contributed by atoms with Crippen molar-refractivity contribution >= 4 is 18.5 Å². The van der Waals surface area contributed by atoms with Gasteiger partial charge in [0.25, 0.3) is 0 Å². The van der Waals surface area contributed by atoms with Crippen LogP contribution in [0.25, 0.3) is 0 Å². The van der Waals surface area contributed by atoms with Gasteiger partial charge in [0.15, 0.2) is 0 Å². The first-order valence-corrected chi connectivity index (χ1v) is 10.4. The number of para-hydroxylation sites is 1. The molecule has 0 saturated heterocycles. The third kappa shape index (κ3) is 8.57. The molecule has 0 bridgehead atoms. The van der Waals surface area contributed by atoms with Gasteiger partial charge in [0.1, 0.15) is 5.75 Å². The van der Waals surface area contributed by atoms with E-state index in [1.165, 1.54) is 32.1 Å². The lowest BCUT2D eigenvalue weighted by Crippen LogP contribution is -2.00. The Morgan fingerprint density at radius 1 is 1.05 bits per heavy atom. The standard InChI is InChI=1S/C16H27O3PS/c1-3-4-5-6-7-8-11-14-18-20(17,21)19-16-13-10-9-12-15(16)2/h9-10,12-13H,3-8,11,14H2,1-2H3,(H,17,21). The zero-order chi connectivity index (χ0) is 15.6. The first-order chi connectivity index (χ1) is 10.0. The zero-order valence-electron chi connectivity index (χ0n) is 13.1. The van der Waals surface area contributed by atoms with Crippen LogP contribution in [0.2, 0.25) is 0 Å². The number of hydrogen-bond donors (Lipinski definition) is 1. The Balaban J connectivity index is 2.18. The van der Waals surface area contributed by atoms with Gasteiger partial charge in [-0.3, -0.25) is 4.52 Å². The molecule has 1 aromatic carbocycles. The predicted molar refractivity (Wildman–Crippen MR) is 92.3 cm³/mol. The van der Waals surface area contributed by atoms with Crippen molar-refractivity contribution in [1.29, 1.82) is 0 Å². The number of benzene rings is 1. The van der Waals surface area contributed by atoms with Crippen molar-refractivity contribution in [1.82, 2.24) is 0 Å². The van der Waals surface area contributed by atoms with Crippen LogP contribution >= 0.6 is 6.72 Å². The molecule has 0 radical (unpaired) electrons. The molecule has 5 heteroatoms. The maximum atomic E-state index is 10.0. The molecular formula is C16H27O3PS. The van der Waals surface area contributed by atoms with Gasteiger partial charge in [-0.25, -0.2) is 0 Å².